The van der Waals surface area contributed by atoms with Crippen LogP contribution in [0, 0.1) is 6.92 Å². The number of methoxy groups -OCH3 is 1. The van der Waals surface area contributed by atoms with Crippen LogP contribution in [0.15, 0.2) is 40.9 Å². The number of benzene rings is 1. The van der Waals surface area contributed by atoms with Gasteiger partial charge in [0.1, 0.15) is 4.88 Å². The number of hydrogen-bond donors (Lipinski definition) is 1. The van der Waals surface area contributed by atoms with Gasteiger partial charge in [-0.05, 0) is 31.2 Å². The first kappa shape index (κ1) is 17.8. The molecule has 0 aliphatic carbocycles. The third-order valence-corrected chi connectivity index (χ3v) is 5.83. The van der Waals surface area contributed by atoms with Crippen LogP contribution in [0.5, 0.6) is 0 Å². The molecule has 0 saturated carbocycles. The van der Waals surface area contributed by atoms with Crippen molar-refractivity contribution < 1.29 is 14.3 Å². The van der Waals surface area contributed by atoms with Crippen molar-refractivity contribution in [2.45, 2.75) is 6.92 Å². The van der Waals surface area contributed by atoms with E-state index in [1.54, 1.807) is 12.1 Å². The lowest BCUT2D eigenvalue weighted by Gasteiger charge is -1.99. The fraction of sp³-hybridized carbons (Fsp3) is 0.118. The number of carbonyl (C=O) groups excluding carboxylic acids is 2. The maximum Gasteiger partial charge on any atom is 0.348 e. The van der Waals surface area contributed by atoms with Crippen LogP contribution in [0.3, 0.4) is 0 Å². The predicted molar refractivity (Wildman–Crippen MR) is 104 cm³/mol. The van der Waals surface area contributed by atoms with Crippen molar-refractivity contribution >= 4 is 55.6 Å². The Bertz CT molecular complexity index is 932. The van der Waals surface area contributed by atoms with Crippen LogP contribution in [0.25, 0.3) is 11.3 Å². The number of anilines is 1. The van der Waals surface area contributed by atoms with Crippen molar-refractivity contribution in [2.75, 3.05) is 12.4 Å². The van der Waals surface area contributed by atoms with E-state index in [1.807, 2.05) is 31.2 Å². The summed E-state index contributed by atoms with van der Waals surface area (Å²) in [4.78, 5) is 30.2. The van der Waals surface area contributed by atoms with E-state index < -0.39 is 5.97 Å². The van der Waals surface area contributed by atoms with Crippen molar-refractivity contribution in [2.24, 2.45) is 0 Å². The molecule has 0 saturated heterocycles. The normalized spacial score (nSPS) is 10.5. The van der Waals surface area contributed by atoms with Gasteiger partial charge in [-0.15, -0.1) is 22.7 Å². The number of thiazole rings is 1. The molecule has 0 unspecified atom stereocenters. The van der Waals surface area contributed by atoms with E-state index >= 15 is 0 Å². The zero-order valence-corrected chi connectivity index (χ0v) is 16.5. The summed E-state index contributed by atoms with van der Waals surface area (Å²) in [6.45, 7) is 1.96. The van der Waals surface area contributed by atoms with Gasteiger partial charge in [0.25, 0.3) is 5.91 Å². The summed E-state index contributed by atoms with van der Waals surface area (Å²) in [7, 11) is 1.31. The predicted octanol–water partition coefficient (Wildman–Crippen LogP) is 4.98. The molecule has 1 amide bonds. The SMILES string of the molecule is COC(=O)c1ccc(C(=O)Nc2nc(-c3ccc(Br)cc3)c(C)s2)s1. The second-order valence-corrected chi connectivity index (χ2v) is 8.24. The molecule has 3 rings (SSSR count). The van der Waals surface area contributed by atoms with Crippen molar-refractivity contribution in [1.82, 2.24) is 4.98 Å². The van der Waals surface area contributed by atoms with Crippen LogP contribution in [0.4, 0.5) is 5.13 Å². The molecule has 0 fully saturated rings. The molecule has 1 aromatic carbocycles. The van der Waals surface area contributed by atoms with Gasteiger partial charge in [0.2, 0.25) is 0 Å². The number of aryl methyl sites for hydroxylation is 1. The molecule has 0 aliphatic rings. The Morgan fingerprint density at radius 2 is 1.76 bits per heavy atom. The Kier molecular flexibility index (Phi) is 5.31. The standard InChI is InChI=1S/C17H13BrN2O3S2/c1-9-14(10-3-5-11(18)6-4-10)19-17(24-9)20-15(21)12-7-8-13(25-12)16(22)23-2/h3-8H,1-2H3,(H,19,20,21). The highest BCUT2D eigenvalue weighted by molar-refractivity contribution is 9.10. The van der Waals surface area contributed by atoms with Crippen LogP contribution in [-0.4, -0.2) is 24.0 Å². The maximum atomic E-state index is 12.3. The molecule has 3 aromatic rings. The summed E-state index contributed by atoms with van der Waals surface area (Å²) in [5, 5.41) is 3.31. The first-order chi connectivity index (χ1) is 12.0. The summed E-state index contributed by atoms with van der Waals surface area (Å²) in [6, 6.07) is 11.0. The highest BCUT2D eigenvalue weighted by atomic mass is 79.9. The fourth-order valence-corrected chi connectivity index (χ4v) is 4.07. The number of rotatable bonds is 4. The van der Waals surface area contributed by atoms with Gasteiger partial charge in [-0.2, -0.15) is 0 Å². The van der Waals surface area contributed by atoms with Gasteiger partial charge in [0.05, 0.1) is 17.7 Å². The Hall–Kier alpha value is -2.03. The Balaban J connectivity index is 1.78. The minimum Gasteiger partial charge on any atom is -0.465 e. The van der Waals surface area contributed by atoms with Crippen LogP contribution < -0.4 is 5.32 Å². The van der Waals surface area contributed by atoms with E-state index in [-0.39, 0.29) is 5.91 Å². The molecule has 1 N–H and O–H groups in total. The van der Waals surface area contributed by atoms with Crippen molar-refractivity contribution in [3.05, 3.63) is 55.5 Å². The zero-order valence-electron chi connectivity index (χ0n) is 13.3. The molecule has 0 aliphatic heterocycles. The Morgan fingerprint density at radius 1 is 1.08 bits per heavy atom. The molecular weight excluding hydrogens is 424 g/mol. The summed E-state index contributed by atoms with van der Waals surface area (Å²) in [5.74, 6) is -0.747. The van der Waals surface area contributed by atoms with Crippen LogP contribution in [0.1, 0.15) is 24.2 Å². The fourth-order valence-electron chi connectivity index (χ4n) is 2.15. The van der Waals surface area contributed by atoms with E-state index in [1.165, 1.54) is 18.4 Å². The molecule has 25 heavy (non-hydrogen) atoms. The van der Waals surface area contributed by atoms with E-state index in [0.717, 1.165) is 31.9 Å². The molecule has 5 nitrogen and oxygen atoms in total. The first-order valence-corrected chi connectivity index (χ1v) is 9.63. The van der Waals surface area contributed by atoms with Crippen molar-refractivity contribution in [3.8, 4) is 11.3 Å². The minimum absolute atomic E-state index is 0.295. The molecule has 8 heteroatoms. The summed E-state index contributed by atoms with van der Waals surface area (Å²) in [5.41, 5.74) is 1.83. The number of amides is 1. The molecule has 2 heterocycles. The number of hydrogen-bond acceptors (Lipinski definition) is 6. The summed E-state index contributed by atoms with van der Waals surface area (Å²) in [6.07, 6.45) is 0. The molecule has 0 radical (unpaired) electrons. The number of carbonyl (C=O) groups is 2. The van der Waals surface area contributed by atoms with Gasteiger partial charge in [-0.25, -0.2) is 9.78 Å². The first-order valence-electron chi connectivity index (χ1n) is 7.21. The lowest BCUT2D eigenvalue weighted by atomic mass is 10.1. The zero-order chi connectivity index (χ0) is 18.0. The van der Waals surface area contributed by atoms with E-state index in [0.29, 0.717) is 14.9 Å². The average Bonchev–Trinajstić information content (AvgIpc) is 3.22. The van der Waals surface area contributed by atoms with Crippen LogP contribution >= 0.6 is 38.6 Å². The monoisotopic (exact) mass is 436 g/mol. The van der Waals surface area contributed by atoms with E-state index in [9.17, 15) is 9.59 Å². The highest BCUT2D eigenvalue weighted by Gasteiger charge is 2.16. The third-order valence-electron chi connectivity index (χ3n) is 3.35. The van der Waals surface area contributed by atoms with E-state index in [4.69, 9.17) is 0 Å². The van der Waals surface area contributed by atoms with Crippen molar-refractivity contribution in [1.29, 1.82) is 0 Å². The number of thiophene rings is 1. The maximum absolute atomic E-state index is 12.3. The van der Waals surface area contributed by atoms with Crippen molar-refractivity contribution in [3.63, 3.8) is 0 Å². The smallest absolute Gasteiger partial charge is 0.348 e. The molecule has 128 valence electrons. The molecular formula is C17H13BrN2O3S2. The molecule has 2 aromatic heterocycles. The van der Waals surface area contributed by atoms with E-state index in [2.05, 4.69) is 31.0 Å². The van der Waals surface area contributed by atoms with Gasteiger partial charge in [0, 0.05) is 14.9 Å². The number of halogens is 1. The third kappa shape index (κ3) is 3.97. The van der Waals surface area contributed by atoms with Gasteiger partial charge >= 0.3 is 5.97 Å². The van der Waals surface area contributed by atoms with Crippen LogP contribution in [-0.2, 0) is 4.74 Å². The van der Waals surface area contributed by atoms with Crippen LogP contribution in [0.2, 0.25) is 0 Å². The average molecular weight is 437 g/mol. The summed E-state index contributed by atoms with van der Waals surface area (Å²) >= 11 is 5.91. The van der Waals surface area contributed by atoms with Gasteiger partial charge < -0.3 is 4.74 Å². The second-order valence-electron chi connectivity index (χ2n) is 5.04. The molecule has 0 spiro atoms. The number of ether oxygens (including phenoxy) is 1. The molecule has 0 bridgehead atoms. The van der Waals surface area contributed by atoms with Gasteiger partial charge in [-0.1, -0.05) is 28.1 Å². The highest BCUT2D eigenvalue weighted by Crippen LogP contribution is 2.31. The largest absolute Gasteiger partial charge is 0.465 e. The number of esters is 1. The topological polar surface area (TPSA) is 68.3 Å². The van der Waals surface area contributed by atoms with Gasteiger partial charge in [0.15, 0.2) is 5.13 Å². The lowest BCUT2D eigenvalue weighted by Crippen LogP contribution is -2.09. The number of nitrogens with zero attached hydrogens (tertiary/aromatic N) is 1. The number of aromatic nitrogens is 1. The minimum atomic E-state index is -0.452. The van der Waals surface area contributed by atoms with Gasteiger partial charge in [-0.3, -0.25) is 10.1 Å². The Morgan fingerprint density at radius 3 is 2.44 bits per heavy atom. The Labute approximate surface area is 160 Å². The quantitative estimate of drug-likeness (QED) is 0.585. The second kappa shape index (κ2) is 7.47. The summed E-state index contributed by atoms with van der Waals surface area (Å²) < 4.78 is 5.65. The number of nitrogens with one attached hydrogen (secondary N) is 1. The lowest BCUT2D eigenvalue weighted by molar-refractivity contribution is 0.0606. The molecule has 0 atom stereocenters.